The van der Waals surface area contributed by atoms with Crippen LogP contribution in [0.15, 0.2) is 83.7 Å². The van der Waals surface area contributed by atoms with Gasteiger partial charge in [-0.25, -0.2) is 4.79 Å². The Hall–Kier alpha value is -3.57. The summed E-state index contributed by atoms with van der Waals surface area (Å²) in [5.41, 5.74) is 2.68. The number of nitrogens with zero attached hydrogens (tertiary/aromatic N) is 2. The van der Waals surface area contributed by atoms with Gasteiger partial charge in [0.25, 0.3) is 0 Å². The number of anilines is 1. The Bertz CT molecular complexity index is 1490. The molecular weight excluding hydrogens is 607 g/mol. The number of fused-ring (bicyclic) bond motifs is 1. The lowest BCUT2D eigenvalue weighted by Gasteiger charge is -2.53. The molecule has 4 rings (SSSR count). The first kappa shape index (κ1) is 35.3. The lowest BCUT2D eigenvalue weighted by atomic mass is 9.74. The van der Waals surface area contributed by atoms with Gasteiger partial charge >= 0.3 is 5.97 Å². The van der Waals surface area contributed by atoms with Crippen molar-refractivity contribution in [1.82, 2.24) is 4.31 Å². The number of carboxylic acids is 1. The fourth-order valence-corrected chi connectivity index (χ4v) is 8.54. The second kappa shape index (κ2) is 15.3. The Morgan fingerprint density at radius 2 is 1.67 bits per heavy atom. The highest BCUT2D eigenvalue weighted by Gasteiger charge is 2.49. The van der Waals surface area contributed by atoms with Crippen LogP contribution in [-0.4, -0.2) is 51.2 Å². The highest BCUT2D eigenvalue weighted by Crippen LogP contribution is 2.65. The SMILES string of the molecule is CCCCC1(CCCC)CC(c2ccccc2)c2cc(N(C)C)c(O/C=C(\F)C(=O)O)cc2S(O)(O)N1Cc1ccc(OC)cc1. The van der Waals surface area contributed by atoms with Crippen LogP contribution in [0.2, 0.25) is 0 Å². The monoisotopic (exact) mass is 654 g/mol. The van der Waals surface area contributed by atoms with Gasteiger partial charge in [0.2, 0.25) is 5.83 Å². The molecular formula is C36H47FN2O6S. The molecule has 0 saturated heterocycles. The van der Waals surface area contributed by atoms with Crippen LogP contribution in [0.25, 0.3) is 0 Å². The minimum Gasteiger partial charge on any atom is -0.497 e. The number of hydrogen-bond donors (Lipinski definition) is 3. The summed E-state index contributed by atoms with van der Waals surface area (Å²) in [6.45, 7) is 4.58. The van der Waals surface area contributed by atoms with E-state index in [1.807, 2.05) is 52.8 Å². The zero-order valence-electron chi connectivity index (χ0n) is 27.4. The van der Waals surface area contributed by atoms with Gasteiger partial charge in [0.15, 0.2) is 5.75 Å². The van der Waals surface area contributed by atoms with Crippen molar-refractivity contribution in [3.05, 3.63) is 95.5 Å². The molecule has 0 fully saturated rings. The number of unbranched alkanes of at least 4 members (excludes halogenated alkanes) is 2. The predicted molar refractivity (Wildman–Crippen MR) is 183 cm³/mol. The van der Waals surface area contributed by atoms with Gasteiger partial charge in [-0.1, -0.05) is 82.0 Å². The molecule has 3 aromatic carbocycles. The summed E-state index contributed by atoms with van der Waals surface area (Å²) in [4.78, 5) is 13.3. The lowest BCUT2D eigenvalue weighted by molar-refractivity contribution is -0.134. The van der Waals surface area contributed by atoms with Crippen molar-refractivity contribution in [1.29, 1.82) is 0 Å². The first-order chi connectivity index (χ1) is 22.0. The molecule has 0 amide bonds. The molecule has 46 heavy (non-hydrogen) atoms. The van der Waals surface area contributed by atoms with Crippen molar-refractivity contribution in [2.75, 3.05) is 26.1 Å². The van der Waals surface area contributed by atoms with Crippen LogP contribution in [0.1, 0.15) is 81.4 Å². The summed E-state index contributed by atoms with van der Waals surface area (Å²) in [5.74, 6) is -2.59. The molecule has 1 aliphatic heterocycles. The van der Waals surface area contributed by atoms with Gasteiger partial charge in [0.05, 0.1) is 17.7 Å². The molecule has 0 spiro atoms. The molecule has 1 atom stereocenters. The quantitative estimate of drug-likeness (QED) is 0.117. The third-order valence-corrected chi connectivity index (χ3v) is 10.9. The summed E-state index contributed by atoms with van der Waals surface area (Å²) >= 11 is 0. The minimum atomic E-state index is -3.69. The summed E-state index contributed by atoms with van der Waals surface area (Å²) in [6.07, 6.45) is 6.45. The van der Waals surface area contributed by atoms with E-state index in [2.05, 4.69) is 26.0 Å². The van der Waals surface area contributed by atoms with Gasteiger partial charge in [-0.15, -0.1) is 10.8 Å². The van der Waals surface area contributed by atoms with E-state index in [0.29, 0.717) is 24.1 Å². The van der Waals surface area contributed by atoms with Crippen molar-refractivity contribution in [3.63, 3.8) is 0 Å². The maximum absolute atomic E-state index is 14.1. The van der Waals surface area contributed by atoms with E-state index in [4.69, 9.17) is 14.6 Å². The van der Waals surface area contributed by atoms with E-state index >= 15 is 0 Å². The molecule has 0 bridgehead atoms. The number of ether oxygens (including phenoxy) is 2. The van der Waals surface area contributed by atoms with E-state index in [9.17, 15) is 18.3 Å². The Morgan fingerprint density at radius 3 is 2.22 bits per heavy atom. The molecule has 10 heteroatoms. The van der Waals surface area contributed by atoms with Crippen LogP contribution in [0.3, 0.4) is 0 Å². The van der Waals surface area contributed by atoms with Crippen LogP contribution in [0.4, 0.5) is 10.1 Å². The van der Waals surface area contributed by atoms with Gasteiger partial charge in [-0.3, -0.25) is 9.11 Å². The Labute approximate surface area is 273 Å². The largest absolute Gasteiger partial charge is 0.497 e. The number of benzene rings is 3. The van der Waals surface area contributed by atoms with Gasteiger partial charge in [0, 0.05) is 38.2 Å². The van der Waals surface area contributed by atoms with Gasteiger partial charge in [-0.2, -0.15) is 8.70 Å². The highest BCUT2D eigenvalue weighted by molar-refractivity contribution is 8.22. The van der Waals surface area contributed by atoms with Crippen LogP contribution in [0, 0.1) is 0 Å². The first-order valence-corrected chi connectivity index (χ1v) is 17.3. The first-order valence-electron chi connectivity index (χ1n) is 15.8. The fourth-order valence-electron chi connectivity index (χ4n) is 6.39. The van der Waals surface area contributed by atoms with Crippen molar-refractivity contribution in [2.45, 2.75) is 81.7 Å². The molecule has 1 heterocycles. The fraction of sp³-hybridized carbons (Fsp3) is 0.417. The van der Waals surface area contributed by atoms with Gasteiger partial charge in [0.1, 0.15) is 12.0 Å². The molecule has 0 radical (unpaired) electrons. The van der Waals surface area contributed by atoms with Crippen molar-refractivity contribution in [3.8, 4) is 11.5 Å². The summed E-state index contributed by atoms with van der Waals surface area (Å²) in [6, 6.07) is 21.2. The third-order valence-electron chi connectivity index (χ3n) is 8.84. The number of hydrogen-bond acceptors (Lipinski definition) is 7. The second-order valence-corrected chi connectivity index (χ2v) is 14.1. The standard InChI is InChI=1S/C36H47FN2O6S/c1-6-8-19-36(20-9-7-2)23-30(27-13-11-10-12-14-27)29-21-32(38(3)4)33(45-25-31(37)35(40)41)22-34(29)46(42,43)39(36)24-26-15-17-28(44-5)18-16-26/h10-18,21-22,25,30,42-43H,6-9,19-20,23-24H2,1-5H3,(H,40,41)/b31-25-. The average Bonchev–Trinajstić information content (AvgIpc) is 3.13. The lowest BCUT2D eigenvalue weighted by Crippen LogP contribution is -2.49. The van der Waals surface area contributed by atoms with Crippen LogP contribution < -0.4 is 14.4 Å². The number of aliphatic carboxylic acids is 1. The van der Waals surface area contributed by atoms with E-state index < -0.39 is 28.1 Å². The molecule has 3 aromatic rings. The molecule has 1 unspecified atom stereocenters. The normalized spacial score (nSPS) is 18.3. The third kappa shape index (κ3) is 7.69. The van der Waals surface area contributed by atoms with Crippen LogP contribution in [-0.2, 0) is 11.3 Å². The summed E-state index contributed by atoms with van der Waals surface area (Å²) in [7, 11) is 1.54. The Balaban J connectivity index is 2.03. The van der Waals surface area contributed by atoms with Crippen molar-refractivity contribution >= 4 is 22.4 Å². The van der Waals surface area contributed by atoms with Crippen molar-refractivity contribution < 1.29 is 32.9 Å². The zero-order chi connectivity index (χ0) is 33.5. The van der Waals surface area contributed by atoms with Crippen LogP contribution >= 0.6 is 10.8 Å². The second-order valence-electron chi connectivity index (χ2n) is 12.1. The average molecular weight is 655 g/mol. The van der Waals surface area contributed by atoms with Crippen molar-refractivity contribution in [2.24, 2.45) is 0 Å². The molecule has 1 aliphatic rings. The topological polar surface area (TPSA) is 103 Å². The predicted octanol–water partition coefficient (Wildman–Crippen LogP) is 9.22. The van der Waals surface area contributed by atoms with E-state index in [0.717, 1.165) is 55.2 Å². The number of rotatable bonds is 14. The molecule has 0 aromatic heterocycles. The molecule has 250 valence electrons. The van der Waals surface area contributed by atoms with E-state index in [-0.39, 0.29) is 23.1 Å². The highest BCUT2D eigenvalue weighted by atomic mass is 32.3. The molecule has 3 N–H and O–H groups in total. The van der Waals surface area contributed by atoms with E-state index in [1.54, 1.807) is 32.2 Å². The zero-order valence-corrected chi connectivity index (χ0v) is 28.2. The molecule has 8 nitrogen and oxygen atoms in total. The number of carbonyl (C=O) groups is 1. The Morgan fingerprint density at radius 1 is 1.04 bits per heavy atom. The van der Waals surface area contributed by atoms with Crippen LogP contribution in [0.5, 0.6) is 11.5 Å². The Kier molecular flexibility index (Phi) is 11.8. The minimum absolute atomic E-state index is 0.117. The van der Waals surface area contributed by atoms with Gasteiger partial charge < -0.3 is 19.5 Å². The summed E-state index contributed by atoms with van der Waals surface area (Å²) < 4.78 is 52.3. The smallest absolute Gasteiger partial charge is 0.368 e. The van der Waals surface area contributed by atoms with Gasteiger partial charge in [-0.05, 0) is 54.2 Å². The van der Waals surface area contributed by atoms with E-state index in [1.165, 1.54) is 0 Å². The maximum Gasteiger partial charge on any atom is 0.368 e. The molecule has 0 saturated carbocycles. The maximum atomic E-state index is 14.1. The number of halogens is 1. The molecule has 0 aliphatic carbocycles. The summed E-state index contributed by atoms with van der Waals surface area (Å²) in [5, 5.41) is 9.09. The number of carboxylic acid groups (broad SMARTS) is 1. The number of methoxy groups -OCH3 is 1.